The van der Waals surface area contributed by atoms with Crippen LogP contribution in [0.4, 0.5) is 8.78 Å². The summed E-state index contributed by atoms with van der Waals surface area (Å²) in [6.07, 6.45) is 1.90. The second-order valence-electron chi connectivity index (χ2n) is 4.74. The maximum Gasteiger partial charge on any atom is 0.123 e. The molecule has 1 nitrogen and oxygen atoms in total. The van der Waals surface area contributed by atoms with Gasteiger partial charge in [-0.1, -0.05) is 12.1 Å². The van der Waals surface area contributed by atoms with E-state index >= 15 is 0 Å². The summed E-state index contributed by atoms with van der Waals surface area (Å²) >= 11 is 0. The first kappa shape index (κ1) is 12.6. The Labute approximate surface area is 115 Å². The minimum atomic E-state index is -0.264. The molecule has 20 heavy (non-hydrogen) atoms. The molecule has 0 aliphatic carbocycles. The number of benzene rings is 2. The summed E-state index contributed by atoms with van der Waals surface area (Å²) < 4.78 is 26.1. The van der Waals surface area contributed by atoms with Crippen molar-refractivity contribution in [1.29, 1.82) is 0 Å². The smallest absolute Gasteiger partial charge is 0.123 e. The van der Waals surface area contributed by atoms with Crippen LogP contribution >= 0.6 is 0 Å². The number of rotatable bonds is 2. The Morgan fingerprint density at radius 3 is 1.80 bits per heavy atom. The fourth-order valence-electron chi connectivity index (χ4n) is 2.35. The zero-order valence-electron chi connectivity index (χ0n) is 11.0. The van der Waals surface area contributed by atoms with Crippen LogP contribution in [0.1, 0.15) is 5.56 Å². The molecule has 0 aliphatic heterocycles. The predicted molar refractivity (Wildman–Crippen MR) is 76.3 cm³/mol. The summed E-state index contributed by atoms with van der Waals surface area (Å²) in [6, 6.07) is 12.7. The summed E-state index contributed by atoms with van der Waals surface area (Å²) in [5, 5.41) is 0. The van der Waals surface area contributed by atoms with Gasteiger partial charge in [0.2, 0.25) is 0 Å². The maximum atomic E-state index is 13.0. The normalized spacial score (nSPS) is 10.8. The third-order valence-electron chi connectivity index (χ3n) is 3.34. The molecule has 1 heterocycles. The van der Waals surface area contributed by atoms with Crippen LogP contribution in [0, 0.1) is 18.6 Å². The van der Waals surface area contributed by atoms with Gasteiger partial charge in [-0.05, 0) is 60.0 Å². The van der Waals surface area contributed by atoms with Crippen molar-refractivity contribution in [2.75, 3.05) is 0 Å². The van der Waals surface area contributed by atoms with Crippen molar-refractivity contribution in [2.24, 2.45) is 0 Å². The van der Waals surface area contributed by atoms with Crippen molar-refractivity contribution in [3.05, 3.63) is 71.9 Å². The number of halogens is 2. The Bertz CT molecular complexity index is 725. The number of aromatic amines is 1. The monoisotopic (exact) mass is 269 g/mol. The van der Waals surface area contributed by atoms with Crippen LogP contribution < -0.4 is 0 Å². The van der Waals surface area contributed by atoms with E-state index in [0.29, 0.717) is 0 Å². The highest BCUT2D eigenvalue weighted by atomic mass is 19.1. The van der Waals surface area contributed by atoms with Crippen LogP contribution in [0.25, 0.3) is 22.4 Å². The van der Waals surface area contributed by atoms with E-state index < -0.39 is 0 Å². The van der Waals surface area contributed by atoms with Gasteiger partial charge >= 0.3 is 0 Å². The molecule has 3 heteroatoms. The second kappa shape index (κ2) is 4.93. The second-order valence-corrected chi connectivity index (χ2v) is 4.74. The summed E-state index contributed by atoms with van der Waals surface area (Å²) in [5.74, 6) is -0.523. The standard InChI is InChI=1S/C17H13F2N/c1-11-10-20-17(13-4-8-15(19)9-5-13)16(11)12-2-6-14(18)7-3-12/h2-10,20H,1H3. The van der Waals surface area contributed by atoms with Gasteiger partial charge in [0, 0.05) is 11.8 Å². The zero-order valence-corrected chi connectivity index (χ0v) is 11.0. The van der Waals surface area contributed by atoms with Crippen molar-refractivity contribution in [3.63, 3.8) is 0 Å². The number of aromatic nitrogens is 1. The van der Waals surface area contributed by atoms with Crippen LogP contribution in [-0.2, 0) is 0 Å². The minimum absolute atomic E-state index is 0.259. The van der Waals surface area contributed by atoms with Gasteiger partial charge in [-0.2, -0.15) is 0 Å². The van der Waals surface area contributed by atoms with Crippen LogP contribution in [-0.4, -0.2) is 4.98 Å². The van der Waals surface area contributed by atoms with Crippen LogP contribution in [0.3, 0.4) is 0 Å². The summed E-state index contributed by atoms with van der Waals surface area (Å²) in [7, 11) is 0. The molecular formula is C17H13F2N. The first-order valence-corrected chi connectivity index (χ1v) is 6.35. The van der Waals surface area contributed by atoms with Gasteiger partial charge in [0.15, 0.2) is 0 Å². The van der Waals surface area contributed by atoms with Gasteiger partial charge in [-0.3, -0.25) is 0 Å². The van der Waals surface area contributed by atoms with Gasteiger partial charge in [0.1, 0.15) is 11.6 Å². The van der Waals surface area contributed by atoms with E-state index in [9.17, 15) is 8.78 Å². The molecule has 100 valence electrons. The molecule has 0 saturated carbocycles. The fourth-order valence-corrected chi connectivity index (χ4v) is 2.35. The van der Waals surface area contributed by atoms with E-state index in [4.69, 9.17) is 0 Å². The molecule has 0 amide bonds. The van der Waals surface area contributed by atoms with Crippen LogP contribution in [0.2, 0.25) is 0 Å². The molecule has 0 saturated heterocycles. The highest BCUT2D eigenvalue weighted by Gasteiger charge is 2.12. The van der Waals surface area contributed by atoms with Gasteiger partial charge in [-0.25, -0.2) is 8.78 Å². The van der Waals surface area contributed by atoms with Crippen LogP contribution in [0.5, 0.6) is 0 Å². The number of H-pyrrole nitrogens is 1. The Kier molecular flexibility index (Phi) is 3.11. The molecule has 0 radical (unpaired) electrons. The Morgan fingerprint density at radius 2 is 1.25 bits per heavy atom. The molecule has 0 bridgehead atoms. The molecule has 1 N–H and O–H groups in total. The first-order chi connectivity index (χ1) is 9.65. The van der Waals surface area contributed by atoms with E-state index in [1.807, 2.05) is 13.1 Å². The highest BCUT2D eigenvalue weighted by Crippen LogP contribution is 2.34. The van der Waals surface area contributed by atoms with Crippen molar-refractivity contribution in [2.45, 2.75) is 6.92 Å². The van der Waals surface area contributed by atoms with E-state index in [-0.39, 0.29) is 11.6 Å². The lowest BCUT2D eigenvalue weighted by atomic mass is 9.98. The number of hydrogen-bond acceptors (Lipinski definition) is 0. The Hall–Kier alpha value is -2.42. The molecule has 0 aliphatic rings. The minimum Gasteiger partial charge on any atom is -0.360 e. The number of hydrogen-bond donors (Lipinski definition) is 1. The largest absolute Gasteiger partial charge is 0.360 e. The molecule has 0 spiro atoms. The third-order valence-corrected chi connectivity index (χ3v) is 3.34. The lowest BCUT2D eigenvalue weighted by Gasteiger charge is -2.06. The lowest BCUT2D eigenvalue weighted by Crippen LogP contribution is -1.85. The van der Waals surface area contributed by atoms with Gasteiger partial charge in [0.25, 0.3) is 0 Å². The summed E-state index contributed by atoms with van der Waals surface area (Å²) in [4.78, 5) is 3.21. The Balaban J connectivity index is 2.14. The lowest BCUT2D eigenvalue weighted by molar-refractivity contribution is 0.627. The topological polar surface area (TPSA) is 15.8 Å². The van der Waals surface area contributed by atoms with Crippen molar-refractivity contribution in [1.82, 2.24) is 4.98 Å². The quantitative estimate of drug-likeness (QED) is 0.678. The first-order valence-electron chi connectivity index (χ1n) is 6.35. The average molecular weight is 269 g/mol. The molecule has 1 aromatic heterocycles. The molecule has 0 fully saturated rings. The van der Waals surface area contributed by atoms with Crippen molar-refractivity contribution < 1.29 is 8.78 Å². The van der Waals surface area contributed by atoms with E-state index in [2.05, 4.69) is 4.98 Å². The third kappa shape index (κ3) is 2.23. The number of nitrogens with one attached hydrogen (secondary N) is 1. The van der Waals surface area contributed by atoms with E-state index in [0.717, 1.165) is 27.9 Å². The highest BCUT2D eigenvalue weighted by molar-refractivity contribution is 5.83. The van der Waals surface area contributed by atoms with Gasteiger partial charge < -0.3 is 4.98 Å². The average Bonchev–Trinajstić information content (AvgIpc) is 2.83. The predicted octanol–water partition coefficient (Wildman–Crippen LogP) is 4.94. The molecule has 2 aromatic carbocycles. The molecule has 0 unspecified atom stereocenters. The molecule has 0 atom stereocenters. The zero-order chi connectivity index (χ0) is 14.1. The molecule has 3 aromatic rings. The Morgan fingerprint density at radius 1 is 0.750 bits per heavy atom. The summed E-state index contributed by atoms with van der Waals surface area (Å²) in [5.41, 5.74) is 4.82. The van der Waals surface area contributed by atoms with Crippen LogP contribution in [0.15, 0.2) is 54.7 Å². The van der Waals surface area contributed by atoms with Gasteiger partial charge in [-0.15, -0.1) is 0 Å². The molecular weight excluding hydrogens is 256 g/mol. The van der Waals surface area contributed by atoms with Crippen molar-refractivity contribution in [3.8, 4) is 22.4 Å². The maximum absolute atomic E-state index is 13.0. The van der Waals surface area contributed by atoms with Gasteiger partial charge in [0.05, 0.1) is 5.69 Å². The number of aryl methyl sites for hydroxylation is 1. The fraction of sp³-hybridized carbons (Fsp3) is 0.0588. The summed E-state index contributed by atoms with van der Waals surface area (Å²) in [6.45, 7) is 1.99. The van der Waals surface area contributed by atoms with E-state index in [1.165, 1.54) is 24.3 Å². The molecule has 3 rings (SSSR count). The van der Waals surface area contributed by atoms with E-state index in [1.54, 1.807) is 24.3 Å². The van der Waals surface area contributed by atoms with Crippen molar-refractivity contribution >= 4 is 0 Å². The SMILES string of the molecule is Cc1c[nH]c(-c2ccc(F)cc2)c1-c1ccc(F)cc1.